The van der Waals surface area contributed by atoms with Gasteiger partial charge in [-0.2, -0.15) is 26.3 Å². The highest BCUT2D eigenvalue weighted by Crippen LogP contribution is 2.36. The molecule has 0 aliphatic rings. The van der Waals surface area contributed by atoms with E-state index in [9.17, 15) is 26.3 Å². The van der Waals surface area contributed by atoms with E-state index in [1.165, 1.54) is 7.05 Å². The van der Waals surface area contributed by atoms with Crippen LogP contribution in [0.3, 0.4) is 0 Å². The largest absolute Gasteiger partial charge is 0.423 e. The summed E-state index contributed by atoms with van der Waals surface area (Å²) < 4.78 is 76.7. The second-order valence-corrected chi connectivity index (χ2v) is 3.42. The van der Waals surface area contributed by atoms with Crippen LogP contribution in [0.15, 0.2) is 12.4 Å². The molecule has 0 bridgehead atoms. The van der Waals surface area contributed by atoms with Gasteiger partial charge in [0, 0.05) is 7.05 Å². The molecule has 1 aromatic rings. The maximum atomic E-state index is 12.1. The van der Waals surface area contributed by atoms with Crippen LogP contribution in [0.2, 0.25) is 0 Å². The van der Waals surface area contributed by atoms with Crippen LogP contribution in [0.1, 0.15) is 5.69 Å². The fourth-order valence-corrected chi connectivity index (χ4v) is 1.10. The summed E-state index contributed by atoms with van der Waals surface area (Å²) in [7, 11) is 1.53. The average molecular weight is 289 g/mol. The molecule has 1 heterocycles. The lowest BCUT2D eigenvalue weighted by Gasteiger charge is -2.22. The number of ether oxygens (including phenoxy) is 1. The van der Waals surface area contributed by atoms with Crippen molar-refractivity contribution in [3.05, 3.63) is 18.1 Å². The molecule has 0 unspecified atom stereocenters. The number of aromatic nitrogens is 2. The third-order valence-corrected chi connectivity index (χ3v) is 1.95. The average Bonchev–Trinajstić information content (AvgIpc) is 2.26. The fourth-order valence-electron chi connectivity index (χ4n) is 1.10. The Morgan fingerprint density at radius 3 is 2.05 bits per heavy atom. The first-order valence-electron chi connectivity index (χ1n) is 4.88. The molecule has 0 aliphatic carbocycles. The minimum Gasteiger partial charge on any atom is -0.372 e. The van der Waals surface area contributed by atoms with Gasteiger partial charge in [-0.1, -0.05) is 0 Å². The number of nitrogens with zero attached hydrogens (tertiary/aromatic N) is 2. The van der Waals surface area contributed by atoms with Gasteiger partial charge in [0.25, 0.3) is 0 Å². The Morgan fingerprint density at radius 2 is 1.68 bits per heavy atom. The molecule has 0 atom stereocenters. The molecule has 0 amide bonds. The van der Waals surface area contributed by atoms with Gasteiger partial charge >= 0.3 is 12.4 Å². The predicted molar refractivity (Wildman–Crippen MR) is 52.3 cm³/mol. The van der Waals surface area contributed by atoms with Crippen molar-refractivity contribution in [2.45, 2.75) is 25.1 Å². The van der Waals surface area contributed by atoms with Gasteiger partial charge in [-0.15, -0.1) is 0 Å². The van der Waals surface area contributed by atoms with E-state index in [4.69, 9.17) is 0 Å². The molecule has 0 aromatic carbocycles. The maximum absolute atomic E-state index is 12.1. The van der Waals surface area contributed by atoms with Crippen molar-refractivity contribution in [2.24, 2.45) is 0 Å². The highest BCUT2D eigenvalue weighted by Gasteiger charge is 2.57. The van der Waals surface area contributed by atoms with Crippen molar-refractivity contribution in [3.8, 4) is 0 Å². The van der Waals surface area contributed by atoms with Gasteiger partial charge in [-0.25, -0.2) is 4.98 Å². The Balaban J connectivity index is 2.71. The van der Waals surface area contributed by atoms with E-state index >= 15 is 0 Å². The van der Waals surface area contributed by atoms with Gasteiger partial charge < -0.3 is 10.1 Å². The monoisotopic (exact) mass is 289 g/mol. The summed E-state index contributed by atoms with van der Waals surface area (Å²) in [6.45, 7) is -0.944. The molecule has 1 aromatic heterocycles. The van der Waals surface area contributed by atoms with Crippen LogP contribution < -0.4 is 5.32 Å². The highest BCUT2D eigenvalue weighted by atomic mass is 19.4. The van der Waals surface area contributed by atoms with E-state index in [0.29, 0.717) is 5.82 Å². The van der Waals surface area contributed by atoms with Crippen LogP contribution in [0, 0.1) is 0 Å². The molecule has 1 N–H and O–H groups in total. The summed E-state index contributed by atoms with van der Waals surface area (Å²) in [6.07, 6.45) is -12.7. The van der Waals surface area contributed by atoms with Gasteiger partial charge in [0.1, 0.15) is 5.82 Å². The lowest BCUT2D eigenvalue weighted by Crippen LogP contribution is -2.44. The molecular weight excluding hydrogens is 280 g/mol. The summed E-state index contributed by atoms with van der Waals surface area (Å²) in [5.41, 5.74) is -0.141. The minimum atomic E-state index is -5.53. The number of rotatable bonds is 4. The van der Waals surface area contributed by atoms with Gasteiger partial charge in [-0.05, 0) is 0 Å². The molecule has 0 radical (unpaired) electrons. The first-order chi connectivity index (χ1) is 8.64. The predicted octanol–water partition coefficient (Wildman–Crippen LogP) is 2.53. The minimum absolute atomic E-state index is 0.141. The number of hydrogen-bond donors (Lipinski definition) is 1. The molecule has 0 aliphatic heterocycles. The van der Waals surface area contributed by atoms with E-state index in [2.05, 4.69) is 20.0 Å². The quantitative estimate of drug-likeness (QED) is 0.865. The number of nitrogens with one attached hydrogen (secondary N) is 1. The molecular formula is C9H9F6N3O. The fraction of sp³-hybridized carbons (Fsp3) is 0.556. The Hall–Kier alpha value is -1.58. The number of halogens is 6. The van der Waals surface area contributed by atoms with Gasteiger partial charge in [-0.3, -0.25) is 4.98 Å². The zero-order chi connectivity index (χ0) is 14.7. The maximum Gasteiger partial charge on any atom is 0.423 e. The number of alkyl halides is 6. The van der Waals surface area contributed by atoms with Crippen molar-refractivity contribution in [1.29, 1.82) is 0 Å². The third-order valence-electron chi connectivity index (χ3n) is 1.95. The van der Waals surface area contributed by atoms with Gasteiger partial charge in [0.2, 0.25) is 6.10 Å². The summed E-state index contributed by atoms with van der Waals surface area (Å²) >= 11 is 0. The van der Waals surface area contributed by atoms with Crippen LogP contribution in [0.5, 0.6) is 0 Å². The lowest BCUT2D eigenvalue weighted by atomic mass is 10.3. The smallest absolute Gasteiger partial charge is 0.372 e. The van der Waals surface area contributed by atoms with E-state index in [-0.39, 0.29) is 5.69 Å². The molecule has 0 saturated heterocycles. The Bertz CT molecular complexity index is 388. The van der Waals surface area contributed by atoms with Crippen molar-refractivity contribution in [1.82, 2.24) is 9.97 Å². The SMILES string of the molecule is CNc1cnc(COC(C(F)(F)F)C(F)(F)F)cn1. The Kier molecular flexibility index (Phi) is 4.56. The van der Waals surface area contributed by atoms with Crippen LogP contribution in [0.4, 0.5) is 32.2 Å². The molecule has 1 rings (SSSR count). The van der Waals surface area contributed by atoms with E-state index < -0.39 is 25.1 Å². The summed E-state index contributed by atoms with van der Waals surface area (Å²) in [5.74, 6) is 0.326. The number of hydrogen-bond acceptors (Lipinski definition) is 4. The third kappa shape index (κ3) is 4.54. The zero-order valence-corrected chi connectivity index (χ0v) is 9.51. The van der Waals surface area contributed by atoms with E-state index in [0.717, 1.165) is 12.4 Å². The topological polar surface area (TPSA) is 47.0 Å². The normalized spacial score (nSPS) is 12.8. The van der Waals surface area contributed by atoms with Crippen molar-refractivity contribution >= 4 is 5.82 Å². The molecule has 0 spiro atoms. The number of anilines is 1. The standard InChI is InChI=1S/C9H9F6N3O/c1-16-6-3-17-5(2-18-6)4-19-7(8(10,11)12)9(13,14)15/h2-3,7H,4H2,1H3,(H,16,18). The molecule has 19 heavy (non-hydrogen) atoms. The second kappa shape index (κ2) is 5.59. The van der Waals surface area contributed by atoms with Crippen molar-refractivity contribution in [3.63, 3.8) is 0 Å². The summed E-state index contributed by atoms with van der Waals surface area (Å²) in [5, 5.41) is 2.59. The zero-order valence-electron chi connectivity index (χ0n) is 9.51. The highest BCUT2D eigenvalue weighted by molar-refractivity contribution is 5.29. The van der Waals surface area contributed by atoms with Gasteiger partial charge in [0.15, 0.2) is 0 Å². The second-order valence-electron chi connectivity index (χ2n) is 3.42. The first-order valence-corrected chi connectivity index (χ1v) is 4.88. The van der Waals surface area contributed by atoms with Crippen LogP contribution >= 0.6 is 0 Å². The first kappa shape index (κ1) is 15.5. The molecule has 4 nitrogen and oxygen atoms in total. The summed E-state index contributed by atoms with van der Waals surface area (Å²) in [6, 6.07) is 0. The van der Waals surface area contributed by atoms with Crippen molar-refractivity contribution < 1.29 is 31.1 Å². The van der Waals surface area contributed by atoms with Crippen molar-refractivity contribution in [2.75, 3.05) is 12.4 Å². The molecule has 108 valence electrons. The van der Waals surface area contributed by atoms with Crippen LogP contribution in [-0.2, 0) is 11.3 Å². The van der Waals surface area contributed by atoms with Crippen LogP contribution in [0.25, 0.3) is 0 Å². The Morgan fingerprint density at radius 1 is 1.11 bits per heavy atom. The van der Waals surface area contributed by atoms with E-state index in [1.807, 2.05) is 0 Å². The molecule has 0 saturated carbocycles. The summed E-state index contributed by atoms with van der Waals surface area (Å²) in [4.78, 5) is 7.28. The molecule has 10 heteroatoms. The Labute approximate surface area is 103 Å². The molecule has 0 fully saturated rings. The van der Waals surface area contributed by atoms with Crippen LogP contribution in [-0.4, -0.2) is 35.5 Å². The van der Waals surface area contributed by atoms with E-state index in [1.54, 1.807) is 0 Å². The van der Waals surface area contributed by atoms with Gasteiger partial charge in [0.05, 0.1) is 24.7 Å². The lowest BCUT2D eigenvalue weighted by molar-refractivity contribution is -0.324.